The number of ether oxygens (including phenoxy) is 2. The van der Waals surface area contributed by atoms with Crippen LogP contribution in [0.25, 0.3) is 21.8 Å². The fourth-order valence-electron chi connectivity index (χ4n) is 6.85. The molecule has 292 valence electrons. The maximum Gasteiger partial charge on any atom is 0.311 e. The van der Waals surface area contributed by atoms with Gasteiger partial charge in [-0.05, 0) is 91.6 Å². The van der Waals surface area contributed by atoms with E-state index in [9.17, 15) is 38.2 Å². The molecule has 2 N–H and O–H groups in total. The Hall–Kier alpha value is -5.34. The van der Waals surface area contributed by atoms with Crippen molar-refractivity contribution in [2.24, 2.45) is 5.92 Å². The van der Waals surface area contributed by atoms with Crippen LogP contribution in [0.1, 0.15) is 69.4 Å². The molecule has 0 aliphatic heterocycles. The number of benzene rings is 4. The average Bonchev–Trinajstić information content (AvgIpc) is 3.58. The molecule has 6 rings (SSSR count). The van der Waals surface area contributed by atoms with Gasteiger partial charge in [-0.3, -0.25) is 28.3 Å². The van der Waals surface area contributed by atoms with Crippen LogP contribution >= 0.6 is 31.9 Å². The van der Waals surface area contributed by atoms with Crippen LogP contribution in [-0.4, -0.2) is 57.3 Å². The third-order valence-corrected chi connectivity index (χ3v) is 10.9. The second kappa shape index (κ2) is 17.2. The lowest BCUT2D eigenvalue weighted by molar-refractivity contribution is -0.140. The van der Waals surface area contributed by atoms with E-state index in [1.807, 2.05) is 13.8 Å². The third-order valence-electron chi connectivity index (χ3n) is 9.84. The maximum absolute atomic E-state index is 14.6. The van der Waals surface area contributed by atoms with Gasteiger partial charge in [-0.25, -0.2) is 8.78 Å². The van der Waals surface area contributed by atoms with Gasteiger partial charge in [0.25, 0.3) is 11.8 Å². The summed E-state index contributed by atoms with van der Waals surface area (Å²) in [6.07, 6.45) is 0.361. The summed E-state index contributed by atoms with van der Waals surface area (Å²) in [5.41, 5.74) is 3.36. The molecule has 14 heteroatoms. The number of nitrogens with zero attached hydrogens (tertiary/aromatic N) is 2. The molecule has 0 amide bonds. The van der Waals surface area contributed by atoms with Crippen molar-refractivity contribution < 1.29 is 47.6 Å². The van der Waals surface area contributed by atoms with Crippen LogP contribution in [0, 0.1) is 31.4 Å². The summed E-state index contributed by atoms with van der Waals surface area (Å²) in [6, 6.07) is 18.9. The zero-order chi connectivity index (χ0) is 41.2. The molecule has 4 aromatic carbocycles. The Labute approximate surface area is 337 Å². The van der Waals surface area contributed by atoms with Crippen molar-refractivity contribution in [3.63, 3.8) is 0 Å². The molecule has 2 atom stereocenters. The minimum atomic E-state index is -1.04. The number of carboxylic acid groups (broad SMARTS) is 2. The Balaban J connectivity index is 0.000000216. The number of aliphatic carboxylic acids is 2. The first-order valence-electron chi connectivity index (χ1n) is 17.3. The van der Waals surface area contributed by atoms with Gasteiger partial charge in [0.1, 0.15) is 0 Å². The predicted molar refractivity (Wildman–Crippen MR) is 215 cm³/mol. The van der Waals surface area contributed by atoms with Crippen LogP contribution < -0.4 is 9.47 Å². The molecule has 2 aromatic heterocycles. The van der Waals surface area contributed by atoms with Crippen molar-refractivity contribution >= 4 is 77.4 Å². The van der Waals surface area contributed by atoms with E-state index in [1.165, 1.54) is 47.6 Å². The van der Waals surface area contributed by atoms with Gasteiger partial charge in [0.2, 0.25) is 0 Å². The summed E-state index contributed by atoms with van der Waals surface area (Å²) in [5, 5.41) is 20.2. The largest absolute Gasteiger partial charge is 0.494 e. The van der Waals surface area contributed by atoms with Crippen LogP contribution in [-0.2, 0) is 16.0 Å². The van der Waals surface area contributed by atoms with E-state index in [-0.39, 0.29) is 35.7 Å². The highest BCUT2D eigenvalue weighted by Crippen LogP contribution is 2.40. The molecule has 0 bridgehead atoms. The first kappa shape index (κ1) is 41.8. The van der Waals surface area contributed by atoms with Crippen molar-refractivity contribution in [1.82, 2.24) is 9.13 Å². The Morgan fingerprint density at radius 1 is 0.714 bits per heavy atom. The molecule has 56 heavy (non-hydrogen) atoms. The lowest BCUT2D eigenvalue weighted by Gasteiger charge is -2.20. The van der Waals surface area contributed by atoms with E-state index in [1.54, 1.807) is 62.4 Å². The first-order valence-corrected chi connectivity index (χ1v) is 18.9. The van der Waals surface area contributed by atoms with Crippen LogP contribution in [0.2, 0.25) is 0 Å². The van der Waals surface area contributed by atoms with Crippen molar-refractivity contribution in [3.8, 4) is 11.5 Å². The third kappa shape index (κ3) is 8.12. The number of hydrogen-bond donors (Lipinski definition) is 2. The molecule has 0 saturated carbocycles. The van der Waals surface area contributed by atoms with Crippen LogP contribution in [0.15, 0.2) is 81.7 Å². The Morgan fingerprint density at radius 2 is 1.14 bits per heavy atom. The first-order chi connectivity index (χ1) is 26.5. The summed E-state index contributed by atoms with van der Waals surface area (Å²) in [7, 11) is 2.68. The molecule has 0 saturated heterocycles. The smallest absolute Gasteiger partial charge is 0.311 e. The van der Waals surface area contributed by atoms with Gasteiger partial charge < -0.3 is 19.7 Å². The standard InChI is InChI=1S/C23H23BrFNO4.C19H15BrFNO4/c1-5-12(2)20(23(28)29)21-13(3)26(22(27)14-6-8-15(24)9-7-14)18-11-17(25)19(30-4)10-16(18)21;1-10-13(8-18(23)24)14-7-17(26-2)15(21)9-16(14)22(10)19(25)11-3-5-12(20)6-4-11/h6-12,20H,5H2,1-4H3,(H,28,29);3-7,9H,8H2,1-2H3,(H,23,24). The van der Waals surface area contributed by atoms with Crippen LogP contribution in [0.4, 0.5) is 8.78 Å². The molecular formula is C42H38Br2F2N2O8. The number of rotatable bonds is 10. The average molecular weight is 897 g/mol. The van der Waals surface area contributed by atoms with Gasteiger partial charge in [-0.2, -0.15) is 0 Å². The van der Waals surface area contributed by atoms with Gasteiger partial charge in [0.05, 0.1) is 37.6 Å². The normalized spacial score (nSPS) is 12.2. The quantitative estimate of drug-likeness (QED) is 0.139. The number of hydrogen-bond acceptors (Lipinski definition) is 6. The molecule has 2 unspecified atom stereocenters. The number of fused-ring (bicyclic) bond motifs is 2. The highest BCUT2D eigenvalue weighted by molar-refractivity contribution is 9.10. The van der Waals surface area contributed by atoms with Crippen molar-refractivity contribution in [1.29, 1.82) is 0 Å². The lowest BCUT2D eigenvalue weighted by Crippen LogP contribution is -2.21. The number of carboxylic acids is 2. The minimum Gasteiger partial charge on any atom is -0.494 e. The molecule has 0 radical (unpaired) electrons. The number of carbonyl (C=O) groups excluding carboxylic acids is 2. The maximum atomic E-state index is 14.6. The Morgan fingerprint density at radius 3 is 1.55 bits per heavy atom. The molecule has 10 nitrogen and oxygen atoms in total. The number of halogens is 4. The van der Waals surface area contributed by atoms with Gasteiger partial charge in [0, 0.05) is 54.4 Å². The Bertz CT molecular complexity index is 2490. The Kier molecular flexibility index (Phi) is 12.9. The number of aromatic nitrogens is 2. The topological polar surface area (TPSA) is 137 Å². The van der Waals surface area contributed by atoms with Gasteiger partial charge >= 0.3 is 11.9 Å². The summed E-state index contributed by atoms with van der Waals surface area (Å²) in [6.45, 7) is 7.13. The SMILES string of the molecule is CCC(C)C(C(=O)O)c1c(C)n(C(=O)c2ccc(Br)cc2)c2cc(F)c(OC)cc12.COc1cc2c(CC(=O)O)c(C)n(C(=O)c3ccc(Br)cc3)c2cc1F. The van der Waals surface area contributed by atoms with Crippen molar-refractivity contribution in [2.45, 2.75) is 46.5 Å². The molecule has 0 fully saturated rings. The van der Waals surface area contributed by atoms with E-state index in [2.05, 4.69) is 31.9 Å². The predicted octanol–water partition coefficient (Wildman–Crippen LogP) is 9.94. The minimum absolute atomic E-state index is 0.00243. The number of methoxy groups -OCH3 is 2. The van der Waals surface area contributed by atoms with E-state index in [0.29, 0.717) is 61.9 Å². The summed E-state index contributed by atoms with van der Waals surface area (Å²) in [5.74, 6) is -4.99. The molecule has 2 heterocycles. The molecule has 0 spiro atoms. The molecular weight excluding hydrogens is 858 g/mol. The molecule has 6 aromatic rings. The van der Waals surface area contributed by atoms with Crippen LogP contribution in [0.5, 0.6) is 11.5 Å². The highest BCUT2D eigenvalue weighted by atomic mass is 79.9. The summed E-state index contributed by atoms with van der Waals surface area (Å²) in [4.78, 5) is 49.8. The lowest BCUT2D eigenvalue weighted by atomic mass is 9.84. The molecule has 0 aliphatic carbocycles. The summed E-state index contributed by atoms with van der Waals surface area (Å²) >= 11 is 6.66. The van der Waals surface area contributed by atoms with Gasteiger partial charge in [0.15, 0.2) is 23.1 Å². The van der Waals surface area contributed by atoms with Gasteiger partial charge in [-0.1, -0.05) is 52.1 Å². The zero-order valence-electron chi connectivity index (χ0n) is 31.2. The van der Waals surface area contributed by atoms with E-state index < -0.39 is 29.5 Å². The fourth-order valence-corrected chi connectivity index (χ4v) is 7.38. The van der Waals surface area contributed by atoms with Crippen LogP contribution in [0.3, 0.4) is 0 Å². The second-order valence-corrected chi connectivity index (χ2v) is 15.0. The van der Waals surface area contributed by atoms with E-state index in [0.717, 1.165) is 8.95 Å². The van der Waals surface area contributed by atoms with Crippen molar-refractivity contribution in [3.05, 3.63) is 127 Å². The zero-order valence-corrected chi connectivity index (χ0v) is 34.4. The number of carbonyl (C=O) groups is 4. The van der Waals surface area contributed by atoms with E-state index >= 15 is 0 Å². The highest BCUT2D eigenvalue weighted by Gasteiger charge is 2.33. The van der Waals surface area contributed by atoms with Crippen molar-refractivity contribution in [2.75, 3.05) is 14.2 Å². The van der Waals surface area contributed by atoms with E-state index in [4.69, 9.17) is 9.47 Å². The monoisotopic (exact) mass is 894 g/mol. The molecule has 0 aliphatic rings. The van der Waals surface area contributed by atoms with Gasteiger partial charge in [-0.15, -0.1) is 0 Å². The second-order valence-electron chi connectivity index (χ2n) is 13.1. The fraction of sp³-hybridized carbons (Fsp3) is 0.238. The summed E-state index contributed by atoms with van der Waals surface area (Å²) < 4.78 is 43.3.